The van der Waals surface area contributed by atoms with Gasteiger partial charge >= 0.3 is 0 Å². The smallest absolute Gasteiger partial charge is 0.162 e. The molecule has 0 spiro atoms. The van der Waals surface area contributed by atoms with Crippen LogP contribution in [0.2, 0.25) is 0 Å². The monoisotopic (exact) mass is 343 g/mol. The molecule has 0 saturated carbocycles. The lowest BCUT2D eigenvalue weighted by atomic mass is 10.1. The third-order valence-corrected chi connectivity index (χ3v) is 3.67. The number of aromatic nitrogens is 4. The second-order valence-corrected chi connectivity index (χ2v) is 5.78. The second kappa shape index (κ2) is 5.29. The van der Waals surface area contributed by atoms with Crippen molar-refractivity contribution < 1.29 is 0 Å². The van der Waals surface area contributed by atoms with Crippen molar-refractivity contribution in [2.45, 2.75) is 6.92 Å². The highest BCUT2D eigenvalue weighted by atomic mass is 79.9. The van der Waals surface area contributed by atoms with Gasteiger partial charge in [-0.1, -0.05) is 15.9 Å². The Bertz CT molecular complexity index is 810. The summed E-state index contributed by atoms with van der Waals surface area (Å²) in [6.07, 6.45) is 3.67. The first-order chi connectivity index (χ1) is 10.0. The minimum Gasteiger partial charge on any atom is -0.384 e. The molecule has 0 fully saturated rings. The largest absolute Gasteiger partial charge is 0.384 e. The summed E-state index contributed by atoms with van der Waals surface area (Å²) in [5, 5.41) is 4.16. The van der Waals surface area contributed by atoms with Gasteiger partial charge in [-0.05, 0) is 30.7 Å². The van der Waals surface area contributed by atoms with E-state index in [2.05, 4.69) is 31.0 Å². The molecule has 2 aromatic heterocycles. The molecule has 0 unspecified atom stereocenters. The molecule has 3 aromatic rings. The molecule has 5 nitrogen and oxygen atoms in total. The van der Waals surface area contributed by atoms with Gasteiger partial charge < -0.3 is 5.73 Å². The van der Waals surface area contributed by atoms with E-state index in [1.807, 2.05) is 38.4 Å². The average Bonchev–Trinajstić information content (AvgIpc) is 2.84. The average molecular weight is 344 g/mol. The highest BCUT2D eigenvalue weighted by Crippen LogP contribution is 2.26. The van der Waals surface area contributed by atoms with E-state index in [1.54, 1.807) is 16.9 Å². The van der Waals surface area contributed by atoms with Gasteiger partial charge in [0.25, 0.3) is 0 Å². The lowest BCUT2D eigenvalue weighted by molar-refractivity contribution is 0.768. The van der Waals surface area contributed by atoms with Crippen LogP contribution in [0.25, 0.3) is 22.6 Å². The number of benzene rings is 1. The zero-order valence-electron chi connectivity index (χ0n) is 11.7. The Morgan fingerprint density at radius 2 is 2.00 bits per heavy atom. The van der Waals surface area contributed by atoms with Gasteiger partial charge in [-0.15, -0.1) is 0 Å². The molecule has 2 heterocycles. The fraction of sp³-hybridized carbons (Fsp3) is 0.133. The maximum Gasteiger partial charge on any atom is 0.162 e. The number of anilines is 1. The number of nitrogen functional groups attached to an aromatic ring is 1. The molecule has 3 rings (SSSR count). The van der Waals surface area contributed by atoms with Crippen molar-refractivity contribution in [1.29, 1.82) is 0 Å². The third kappa shape index (κ3) is 2.80. The first kappa shape index (κ1) is 13.8. The number of hydrogen-bond donors (Lipinski definition) is 1. The SMILES string of the molecule is Cc1cc(Br)ccc1-c1nc(N)cc(-c2cnn(C)c2)n1. The van der Waals surface area contributed by atoms with E-state index >= 15 is 0 Å². The zero-order chi connectivity index (χ0) is 15.0. The molecular weight excluding hydrogens is 330 g/mol. The summed E-state index contributed by atoms with van der Waals surface area (Å²) in [5.41, 5.74) is 9.68. The van der Waals surface area contributed by atoms with Gasteiger partial charge in [0.05, 0.1) is 11.9 Å². The third-order valence-electron chi connectivity index (χ3n) is 3.18. The quantitative estimate of drug-likeness (QED) is 0.775. The number of aryl methyl sites for hydroxylation is 2. The summed E-state index contributed by atoms with van der Waals surface area (Å²) in [7, 11) is 1.87. The van der Waals surface area contributed by atoms with Crippen molar-refractivity contribution in [2.75, 3.05) is 5.73 Å². The van der Waals surface area contributed by atoms with E-state index in [9.17, 15) is 0 Å². The van der Waals surface area contributed by atoms with Gasteiger partial charge in [-0.3, -0.25) is 4.68 Å². The van der Waals surface area contributed by atoms with Crippen LogP contribution in [0.15, 0.2) is 41.1 Å². The van der Waals surface area contributed by atoms with Crippen molar-refractivity contribution in [2.24, 2.45) is 7.05 Å². The molecule has 0 aliphatic heterocycles. The van der Waals surface area contributed by atoms with E-state index in [1.165, 1.54) is 0 Å². The van der Waals surface area contributed by atoms with Crippen LogP contribution in [0, 0.1) is 6.92 Å². The van der Waals surface area contributed by atoms with Crippen molar-refractivity contribution in [3.63, 3.8) is 0 Å². The van der Waals surface area contributed by atoms with Crippen LogP contribution in [0.5, 0.6) is 0 Å². The molecule has 0 amide bonds. The summed E-state index contributed by atoms with van der Waals surface area (Å²) >= 11 is 3.46. The highest BCUT2D eigenvalue weighted by Gasteiger charge is 2.10. The first-order valence-corrected chi connectivity index (χ1v) is 7.22. The van der Waals surface area contributed by atoms with Gasteiger partial charge in [-0.2, -0.15) is 5.10 Å². The molecule has 1 aromatic carbocycles. The van der Waals surface area contributed by atoms with Gasteiger partial charge in [0.1, 0.15) is 5.82 Å². The Kier molecular flexibility index (Phi) is 3.47. The summed E-state index contributed by atoms with van der Waals surface area (Å²) in [6, 6.07) is 7.75. The van der Waals surface area contributed by atoms with Crippen molar-refractivity contribution >= 4 is 21.7 Å². The van der Waals surface area contributed by atoms with Crippen LogP contribution >= 0.6 is 15.9 Å². The van der Waals surface area contributed by atoms with Gasteiger partial charge in [0.2, 0.25) is 0 Å². The predicted molar refractivity (Wildman–Crippen MR) is 86.5 cm³/mol. The highest BCUT2D eigenvalue weighted by molar-refractivity contribution is 9.10. The maximum atomic E-state index is 5.93. The fourth-order valence-electron chi connectivity index (χ4n) is 2.17. The predicted octanol–water partition coefficient (Wildman–Crippen LogP) is 3.20. The van der Waals surface area contributed by atoms with E-state index < -0.39 is 0 Å². The van der Waals surface area contributed by atoms with E-state index in [-0.39, 0.29) is 0 Å². The molecule has 0 aliphatic rings. The Labute approximate surface area is 131 Å². The van der Waals surface area contributed by atoms with Crippen LogP contribution in [0.1, 0.15) is 5.56 Å². The molecule has 6 heteroatoms. The second-order valence-electron chi connectivity index (χ2n) is 4.86. The van der Waals surface area contributed by atoms with Gasteiger partial charge in [0, 0.05) is 34.9 Å². The van der Waals surface area contributed by atoms with Crippen molar-refractivity contribution in [1.82, 2.24) is 19.7 Å². The van der Waals surface area contributed by atoms with E-state index in [0.29, 0.717) is 11.6 Å². The molecule has 0 saturated heterocycles. The van der Waals surface area contributed by atoms with Gasteiger partial charge in [0.15, 0.2) is 5.82 Å². The van der Waals surface area contributed by atoms with Crippen LogP contribution in [-0.2, 0) is 7.05 Å². The normalized spacial score (nSPS) is 10.8. The van der Waals surface area contributed by atoms with E-state index in [0.717, 1.165) is 26.9 Å². The Morgan fingerprint density at radius 3 is 2.67 bits per heavy atom. The number of rotatable bonds is 2. The van der Waals surface area contributed by atoms with Crippen molar-refractivity contribution in [3.8, 4) is 22.6 Å². The summed E-state index contributed by atoms with van der Waals surface area (Å²) in [5.74, 6) is 1.07. The van der Waals surface area contributed by atoms with Crippen molar-refractivity contribution in [3.05, 3.63) is 46.7 Å². The molecule has 0 aliphatic carbocycles. The Hall–Kier alpha value is -2.21. The number of nitrogens with two attached hydrogens (primary N) is 1. The van der Waals surface area contributed by atoms with Crippen LogP contribution in [-0.4, -0.2) is 19.7 Å². The standard InChI is InChI=1S/C15H14BrN5/c1-9-5-11(16)3-4-12(9)15-19-13(6-14(17)20-15)10-7-18-21(2)8-10/h3-8H,1-2H3,(H2,17,19,20). The number of halogens is 1. The zero-order valence-corrected chi connectivity index (χ0v) is 13.3. The van der Waals surface area contributed by atoms with Crippen LogP contribution in [0.4, 0.5) is 5.82 Å². The van der Waals surface area contributed by atoms with E-state index in [4.69, 9.17) is 5.73 Å². The molecule has 106 valence electrons. The fourth-order valence-corrected chi connectivity index (χ4v) is 2.64. The molecule has 2 N–H and O–H groups in total. The van der Waals surface area contributed by atoms with Gasteiger partial charge in [-0.25, -0.2) is 9.97 Å². The topological polar surface area (TPSA) is 69.6 Å². The Morgan fingerprint density at radius 1 is 1.19 bits per heavy atom. The first-order valence-electron chi connectivity index (χ1n) is 6.43. The summed E-state index contributed by atoms with van der Waals surface area (Å²) < 4.78 is 2.76. The molecule has 0 atom stereocenters. The Balaban J connectivity index is 2.13. The number of nitrogens with zero attached hydrogens (tertiary/aromatic N) is 4. The molecule has 21 heavy (non-hydrogen) atoms. The lowest BCUT2D eigenvalue weighted by Gasteiger charge is -2.07. The molecule has 0 radical (unpaired) electrons. The minimum atomic E-state index is 0.446. The maximum absolute atomic E-state index is 5.93. The molecular formula is C15H14BrN5. The summed E-state index contributed by atoms with van der Waals surface area (Å²) in [4.78, 5) is 8.97. The summed E-state index contributed by atoms with van der Waals surface area (Å²) in [6.45, 7) is 2.02. The molecule has 0 bridgehead atoms. The van der Waals surface area contributed by atoms with Crippen LogP contribution in [0.3, 0.4) is 0 Å². The number of hydrogen-bond acceptors (Lipinski definition) is 4. The lowest BCUT2D eigenvalue weighted by Crippen LogP contribution is -1.99. The van der Waals surface area contributed by atoms with Crippen LogP contribution < -0.4 is 5.73 Å². The minimum absolute atomic E-state index is 0.446.